The van der Waals surface area contributed by atoms with Gasteiger partial charge in [-0.2, -0.15) is 0 Å². The van der Waals surface area contributed by atoms with Crippen molar-refractivity contribution in [2.24, 2.45) is 0 Å². The topological polar surface area (TPSA) is 27.3 Å². The summed E-state index contributed by atoms with van der Waals surface area (Å²) in [5, 5.41) is 9.99. The van der Waals surface area contributed by atoms with E-state index in [9.17, 15) is 0 Å². The number of hydrogen-bond donors (Lipinski definition) is 2. The third-order valence-corrected chi connectivity index (χ3v) is 7.31. The minimum atomic E-state index is 0.477. The Morgan fingerprint density at radius 2 is 1.93 bits per heavy atom. The van der Waals surface area contributed by atoms with E-state index in [0.29, 0.717) is 18.1 Å². The molecule has 3 nitrogen and oxygen atoms in total. The normalized spacial score (nSPS) is 25.2. The van der Waals surface area contributed by atoms with Gasteiger partial charge in [0.2, 0.25) is 0 Å². The van der Waals surface area contributed by atoms with Crippen molar-refractivity contribution in [1.29, 1.82) is 0 Å². The number of nitrogens with zero attached hydrogens (tertiary/aromatic N) is 1. The van der Waals surface area contributed by atoms with E-state index in [2.05, 4.69) is 65.1 Å². The van der Waals surface area contributed by atoms with Crippen LogP contribution in [-0.2, 0) is 6.54 Å². The second-order valence-corrected chi connectivity index (χ2v) is 9.45. The maximum Gasteiger partial charge on any atom is 0.171 e. The van der Waals surface area contributed by atoms with Crippen LogP contribution in [0.2, 0.25) is 0 Å². The van der Waals surface area contributed by atoms with Crippen LogP contribution in [0.1, 0.15) is 48.1 Å². The van der Waals surface area contributed by atoms with Gasteiger partial charge in [0.25, 0.3) is 0 Å². The van der Waals surface area contributed by atoms with Crippen LogP contribution < -0.4 is 10.6 Å². The highest BCUT2D eigenvalue weighted by molar-refractivity contribution is 7.80. The summed E-state index contributed by atoms with van der Waals surface area (Å²) in [6.07, 6.45) is 6.38. The molecule has 0 saturated carbocycles. The Morgan fingerprint density at radius 1 is 1.15 bits per heavy atom. The van der Waals surface area contributed by atoms with E-state index < -0.39 is 0 Å². The van der Waals surface area contributed by atoms with Crippen LogP contribution in [0.3, 0.4) is 0 Å². The fourth-order valence-electron chi connectivity index (χ4n) is 4.67. The first kappa shape index (κ1) is 18.9. The first-order valence-electron chi connectivity index (χ1n) is 10.0. The molecule has 4 rings (SSSR count). The zero-order valence-corrected chi connectivity index (χ0v) is 17.8. The van der Waals surface area contributed by atoms with E-state index >= 15 is 0 Å². The van der Waals surface area contributed by atoms with Gasteiger partial charge in [-0.3, -0.25) is 4.90 Å². The molecular weight excluding hydrogens is 370 g/mol. The molecule has 0 aliphatic carbocycles. The number of thiophene rings is 1. The molecule has 2 aliphatic heterocycles. The van der Waals surface area contributed by atoms with Crippen molar-refractivity contribution in [2.75, 3.05) is 5.32 Å². The van der Waals surface area contributed by atoms with Crippen molar-refractivity contribution in [1.82, 2.24) is 10.2 Å². The van der Waals surface area contributed by atoms with Crippen LogP contribution in [0, 0.1) is 13.8 Å². The molecule has 2 bridgehead atoms. The summed E-state index contributed by atoms with van der Waals surface area (Å²) in [6.45, 7) is 5.40. The number of aryl methyl sites for hydroxylation is 1. The summed E-state index contributed by atoms with van der Waals surface area (Å²) >= 11 is 7.52. The van der Waals surface area contributed by atoms with E-state index in [1.54, 1.807) is 0 Å². The number of nitrogens with one attached hydrogen (secondary N) is 2. The lowest BCUT2D eigenvalue weighted by molar-refractivity contribution is 0.0220. The third kappa shape index (κ3) is 4.36. The summed E-state index contributed by atoms with van der Waals surface area (Å²) in [5.74, 6) is 0. The fourth-order valence-corrected chi connectivity index (χ4v) is 5.66. The highest BCUT2D eigenvalue weighted by atomic mass is 32.1. The number of benzene rings is 1. The Kier molecular flexibility index (Phi) is 5.81. The SMILES string of the molecule is Cc1cccc(NC(=S)NC2C[C@H]3CCC[C@H](C2)N3Cc2cccs2)c1C. The summed E-state index contributed by atoms with van der Waals surface area (Å²) in [5.41, 5.74) is 3.67. The Labute approximate surface area is 172 Å². The monoisotopic (exact) mass is 399 g/mol. The van der Waals surface area contributed by atoms with Crippen LogP contribution in [0.4, 0.5) is 5.69 Å². The minimum Gasteiger partial charge on any atom is -0.360 e. The molecule has 1 aromatic carbocycles. The molecule has 2 aromatic rings. The number of piperidine rings is 2. The number of rotatable bonds is 4. The lowest BCUT2D eigenvalue weighted by Gasteiger charge is -2.49. The van der Waals surface area contributed by atoms with Crippen molar-refractivity contribution in [3.63, 3.8) is 0 Å². The molecule has 2 aliphatic rings. The molecule has 2 saturated heterocycles. The van der Waals surface area contributed by atoms with Gasteiger partial charge in [-0.25, -0.2) is 0 Å². The Bertz CT molecular complexity index is 773. The number of anilines is 1. The number of hydrogen-bond acceptors (Lipinski definition) is 3. The summed E-state index contributed by atoms with van der Waals surface area (Å²) in [4.78, 5) is 4.25. The molecule has 0 amide bonds. The second-order valence-electron chi connectivity index (χ2n) is 8.00. The smallest absolute Gasteiger partial charge is 0.171 e. The first-order chi connectivity index (χ1) is 13.1. The predicted octanol–water partition coefficient (Wildman–Crippen LogP) is 5.24. The maximum absolute atomic E-state index is 5.64. The van der Waals surface area contributed by atoms with Gasteiger partial charge >= 0.3 is 0 Å². The molecular formula is C22H29N3S2. The lowest BCUT2D eigenvalue weighted by Crippen LogP contribution is -2.56. The van der Waals surface area contributed by atoms with E-state index in [0.717, 1.165) is 17.3 Å². The highest BCUT2D eigenvalue weighted by Crippen LogP contribution is 2.35. The van der Waals surface area contributed by atoms with E-state index in [-0.39, 0.29) is 0 Å². The first-order valence-corrected chi connectivity index (χ1v) is 11.3. The summed E-state index contributed by atoms with van der Waals surface area (Å²) in [6, 6.07) is 12.6. The van der Waals surface area contributed by atoms with Crippen LogP contribution in [0.25, 0.3) is 0 Å². The zero-order chi connectivity index (χ0) is 18.8. The summed E-state index contributed by atoms with van der Waals surface area (Å²) < 4.78 is 0. The van der Waals surface area contributed by atoms with Gasteiger partial charge < -0.3 is 10.6 Å². The predicted molar refractivity (Wildman–Crippen MR) is 120 cm³/mol. The van der Waals surface area contributed by atoms with Gasteiger partial charge in [-0.15, -0.1) is 11.3 Å². The van der Waals surface area contributed by atoms with Crippen molar-refractivity contribution >= 4 is 34.4 Å². The van der Waals surface area contributed by atoms with Gasteiger partial charge in [0.1, 0.15) is 0 Å². The fraction of sp³-hybridized carbons (Fsp3) is 0.500. The quantitative estimate of drug-likeness (QED) is 0.688. The molecule has 0 radical (unpaired) electrons. The Balaban J connectivity index is 1.37. The van der Waals surface area contributed by atoms with Crippen molar-refractivity contribution in [3.8, 4) is 0 Å². The zero-order valence-electron chi connectivity index (χ0n) is 16.2. The van der Waals surface area contributed by atoms with E-state index in [1.165, 1.54) is 48.1 Å². The largest absolute Gasteiger partial charge is 0.360 e. The van der Waals surface area contributed by atoms with Gasteiger partial charge in [0.15, 0.2) is 5.11 Å². The molecule has 2 atom stereocenters. The van der Waals surface area contributed by atoms with E-state index in [1.807, 2.05) is 11.3 Å². The lowest BCUT2D eigenvalue weighted by atomic mass is 9.81. The van der Waals surface area contributed by atoms with E-state index in [4.69, 9.17) is 12.2 Å². The molecule has 3 heterocycles. The van der Waals surface area contributed by atoms with Crippen LogP contribution in [-0.4, -0.2) is 28.1 Å². The Hall–Kier alpha value is -1.43. The van der Waals surface area contributed by atoms with Gasteiger partial charge in [0, 0.05) is 35.2 Å². The van der Waals surface area contributed by atoms with Crippen molar-refractivity contribution < 1.29 is 0 Å². The average molecular weight is 400 g/mol. The molecule has 0 unspecified atom stereocenters. The molecule has 5 heteroatoms. The molecule has 27 heavy (non-hydrogen) atoms. The highest BCUT2D eigenvalue weighted by Gasteiger charge is 2.38. The van der Waals surface area contributed by atoms with Gasteiger partial charge in [0.05, 0.1) is 0 Å². The standard InChI is InChI=1S/C22H29N3S2/c1-15-6-3-10-21(16(15)2)24-22(26)23-17-12-18-7-4-8-19(13-17)25(18)14-20-9-5-11-27-20/h3,5-6,9-11,17-19H,4,7-8,12-14H2,1-2H3,(H2,23,24,26)/t18-,19-/m1/s1. The Morgan fingerprint density at radius 3 is 2.63 bits per heavy atom. The molecule has 0 spiro atoms. The number of thiocarbonyl (C=S) groups is 1. The minimum absolute atomic E-state index is 0.477. The number of fused-ring (bicyclic) bond motifs is 2. The maximum atomic E-state index is 5.64. The molecule has 1 aromatic heterocycles. The average Bonchev–Trinajstić information content (AvgIpc) is 3.13. The second kappa shape index (κ2) is 8.29. The van der Waals surface area contributed by atoms with Crippen molar-refractivity contribution in [2.45, 2.75) is 70.6 Å². The van der Waals surface area contributed by atoms with Crippen LogP contribution >= 0.6 is 23.6 Å². The third-order valence-electron chi connectivity index (χ3n) is 6.23. The molecule has 2 N–H and O–H groups in total. The van der Waals surface area contributed by atoms with Crippen LogP contribution in [0.5, 0.6) is 0 Å². The van der Waals surface area contributed by atoms with Gasteiger partial charge in [-0.05, 0) is 80.4 Å². The summed E-state index contributed by atoms with van der Waals surface area (Å²) in [7, 11) is 0. The molecule has 144 valence electrons. The molecule has 2 fully saturated rings. The van der Waals surface area contributed by atoms with Crippen molar-refractivity contribution in [3.05, 3.63) is 51.7 Å². The van der Waals surface area contributed by atoms with Gasteiger partial charge in [-0.1, -0.05) is 24.6 Å². The van der Waals surface area contributed by atoms with Crippen LogP contribution in [0.15, 0.2) is 35.7 Å².